The number of imidazole rings is 1. The van der Waals surface area contributed by atoms with Crippen LogP contribution >= 0.6 is 0 Å². The summed E-state index contributed by atoms with van der Waals surface area (Å²) in [6, 6.07) is 3.16. The van der Waals surface area contributed by atoms with Crippen LogP contribution in [0.5, 0.6) is 0 Å². The lowest BCUT2D eigenvalue weighted by Gasteiger charge is -2.10. The molecule has 0 N–H and O–H groups in total. The molecule has 0 amide bonds. The Morgan fingerprint density at radius 1 is 1.29 bits per heavy atom. The van der Waals surface area contributed by atoms with Crippen molar-refractivity contribution in [1.82, 2.24) is 14.5 Å². The van der Waals surface area contributed by atoms with E-state index < -0.39 is 25.3 Å². The van der Waals surface area contributed by atoms with Gasteiger partial charge in [0.15, 0.2) is 17.8 Å². The number of nitrogens with zero attached hydrogens (tertiary/aromatic N) is 3. The molecule has 0 unspecified atom stereocenters. The first kappa shape index (κ1) is 15.8. The second-order valence-corrected chi connectivity index (χ2v) is 4.67. The number of rotatable bonds is 5. The molecule has 0 spiro atoms. The molecule has 0 radical (unpaired) electrons. The average Bonchev–Trinajstić information content (AvgIpc) is 3.24. The minimum atomic E-state index is -4.40. The van der Waals surface area contributed by atoms with E-state index in [9.17, 15) is 18.0 Å². The van der Waals surface area contributed by atoms with Crippen molar-refractivity contribution in [2.45, 2.75) is 19.3 Å². The van der Waals surface area contributed by atoms with Crippen LogP contribution < -0.4 is 0 Å². The Labute approximate surface area is 132 Å². The molecule has 0 aromatic carbocycles. The number of oxazole rings is 1. The predicted octanol–water partition coefficient (Wildman–Crippen LogP) is 3.05. The van der Waals surface area contributed by atoms with Gasteiger partial charge in [0.05, 0.1) is 6.26 Å². The van der Waals surface area contributed by atoms with Crippen molar-refractivity contribution in [3.05, 3.63) is 48.7 Å². The zero-order chi connectivity index (χ0) is 17.2. The molecule has 3 aromatic heterocycles. The van der Waals surface area contributed by atoms with Crippen molar-refractivity contribution in [1.29, 1.82) is 0 Å². The summed E-state index contributed by atoms with van der Waals surface area (Å²) in [5.74, 6) is -0.554. The van der Waals surface area contributed by atoms with Gasteiger partial charge in [-0.3, -0.25) is 0 Å². The molecular formula is C14H10F3N3O4. The maximum atomic E-state index is 12.4. The van der Waals surface area contributed by atoms with Gasteiger partial charge in [0, 0.05) is 12.4 Å². The van der Waals surface area contributed by atoms with Gasteiger partial charge in [-0.2, -0.15) is 13.2 Å². The number of halogens is 3. The SMILES string of the molecule is O=C(OCc1nccn1CC(F)(F)F)c1ncoc1-c1ccco1. The molecule has 7 nitrogen and oxygen atoms in total. The Kier molecular flexibility index (Phi) is 4.11. The van der Waals surface area contributed by atoms with Crippen LogP contribution in [0, 0.1) is 0 Å². The van der Waals surface area contributed by atoms with Gasteiger partial charge in [0.2, 0.25) is 5.76 Å². The summed E-state index contributed by atoms with van der Waals surface area (Å²) in [4.78, 5) is 19.6. The highest BCUT2D eigenvalue weighted by Crippen LogP contribution is 2.24. The van der Waals surface area contributed by atoms with Crippen LogP contribution in [0.2, 0.25) is 0 Å². The third-order valence-electron chi connectivity index (χ3n) is 2.99. The predicted molar refractivity (Wildman–Crippen MR) is 71.6 cm³/mol. The monoisotopic (exact) mass is 341 g/mol. The van der Waals surface area contributed by atoms with Crippen LogP contribution in [0.1, 0.15) is 16.3 Å². The topological polar surface area (TPSA) is 83.3 Å². The number of hydrogen-bond donors (Lipinski definition) is 0. The van der Waals surface area contributed by atoms with E-state index in [0.29, 0.717) is 0 Å². The Bertz CT molecular complexity index is 821. The fourth-order valence-corrected chi connectivity index (χ4v) is 1.99. The highest BCUT2D eigenvalue weighted by Gasteiger charge is 2.29. The summed E-state index contributed by atoms with van der Waals surface area (Å²) >= 11 is 0. The average molecular weight is 341 g/mol. The largest absolute Gasteiger partial charge is 0.461 e. The molecule has 3 heterocycles. The first-order chi connectivity index (χ1) is 11.4. The van der Waals surface area contributed by atoms with E-state index in [2.05, 4.69) is 9.97 Å². The van der Waals surface area contributed by atoms with Gasteiger partial charge in [-0.25, -0.2) is 14.8 Å². The number of carbonyl (C=O) groups excluding carboxylic acids is 1. The summed E-state index contributed by atoms with van der Waals surface area (Å²) in [5.41, 5.74) is -0.140. The number of esters is 1. The first-order valence-electron chi connectivity index (χ1n) is 6.65. The smallest absolute Gasteiger partial charge is 0.406 e. The van der Waals surface area contributed by atoms with Crippen LogP contribution in [0.25, 0.3) is 11.5 Å². The van der Waals surface area contributed by atoms with Gasteiger partial charge >= 0.3 is 12.1 Å². The molecule has 0 atom stereocenters. The molecule has 0 aliphatic carbocycles. The summed E-state index contributed by atoms with van der Waals surface area (Å²) in [7, 11) is 0. The maximum Gasteiger partial charge on any atom is 0.406 e. The molecule has 10 heteroatoms. The van der Waals surface area contributed by atoms with E-state index in [0.717, 1.165) is 17.2 Å². The van der Waals surface area contributed by atoms with Crippen molar-refractivity contribution in [2.75, 3.05) is 0 Å². The Morgan fingerprint density at radius 3 is 2.83 bits per heavy atom. The molecule has 0 bridgehead atoms. The lowest BCUT2D eigenvalue weighted by Crippen LogP contribution is -2.20. The minimum Gasteiger partial charge on any atom is -0.461 e. The lowest BCUT2D eigenvalue weighted by atomic mass is 10.3. The Morgan fingerprint density at radius 2 is 2.12 bits per heavy atom. The zero-order valence-corrected chi connectivity index (χ0v) is 12.0. The van der Waals surface area contributed by atoms with Gasteiger partial charge in [0.25, 0.3) is 0 Å². The van der Waals surface area contributed by atoms with E-state index in [4.69, 9.17) is 13.6 Å². The lowest BCUT2D eigenvalue weighted by molar-refractivity contribution is -0.141. The second kappa shape index (κ2) is 6.22. The van der Waals surface area contributed by atoms with Gasteiger partial charge in [-0.05, 0) is 12.1 Å². The molecule has 0 aliphatic rings. The quantitative estimate of drug-likeness (QED) is 0.663. The van der Waals surface area contributed by atoms with E-state index >= 15 is 0 Å². The number of hydrogen-bond acceptors (Lipinski definition) is 6. The van der Waals surface area contributed by atoms with Gasteiger partial charge in [0.1, 0.15) is 19.0 Å². The molecular weight excluding hydrogens is 331 g/mol. The highest BCUT2D eigenvalue weighted by molar-refractivity contribution is 5.92. The van der Waals surface area contributed by atoms with Crippen LogP contribution in [-0.2, 0) is 17.9 Å². The molecule has 3 aromatic rings. The van der Waals surface area contributed by atoms with Crippen molar-refractivity contribution in [2.24, 2.45) is 0 Å². The van der Waals surface area contributed by atoms with Gasteiger partial charge in [-0.1, -0.05) is 0 Å². The summed E-state index contributed by atoms with van der Waals surface area (Å²) in [6.45, 7) is -1.66. The van der Waals surface area contributed by atoms with Crippen molar-refractivity contribution >= 4 is 5.97 Å². The van der Waals surface area contributed by atoms with E-state index in [1.165, 1.54) is 12.5 Å². The standard InChI is InChI=1S/C14H10F3N3O4/c15-14(16,17)7-20-4-3-18-10(20)6-23-13(21)11-12(24-8-19-11)9-2-1-5-22-9/h1-5,8H,6-7H2. The van der Waals surface area contributed by atoms with Crippen LogP contribution in [0.15, 0.2) is 46.0 Å². The molecule has 3 rings (SSSR count). The van der Waals surface area contributed by atoms with Crippen LogP contribution in [0.4, 0.5) is 13.2 Å². The third-order valence-corrected chi connectivity index (χ3v) is 2.99. The summed E-state index contributed by atoms with van der Waals surface area (Å²) < 4.78 is 53.3. The number of alkyl halides is 3. The highest BCUT2D eigenvalue weighted by atomic mass is 19.4. The molecule has 126 valence electrons. The van der Waals surface area contributed by atoms with E-state index in [1.54, 1.807) is 12.1 Å². The Hall–Kier alpha value is -3.04. The van der Waals surface area contributed by atoms with Crippen LogP contribution in [0.3, 0.4) is 0 Å². The molecule has 0 saturated heterocycles. The molecule has 0 fully saturated rings. The third kappa shape index (κ3) is 3.47. The number of aromatic nitrogens is 3. The molecule has 0 saturated carbocycles. The maximum absolute atomic E-state index is 12.4. The number of ether oxygens (including phenoxy) is 1. The minimum absolute atomic E-state index is 0.0382. The van der Waals surface area contributed by atoms with Gasteiger partial charge < -0.3 is 18.1 Å². The summed E-state index contributed by atoms with van der Waals surface area (Å²) in [5, 5.41) is 0. The number of carbonyl (C=O) groups is 1. The summed E-state index contributed by atoms with van der Waals surface area (Å²) in [6.07, 6.45) is 0.373. The normalized spacial score (nSPS) is 11.6. The van der Waals surface area contributed by atoms with Crippen molar-refractivity contribution < 1.29 is 31.5 Å². The fourth-order valence-electron chi connectivity index (χ4n) is 1.99. The first-order valence-corrected chi connectivity index (χ1v) is 6.65. The molecule has 24 heavy (non-hydrogen) atoms. The fraction of sp³-hybridized carbons (Fsp3) is 0.214. The number of furan rings is 1. The second-order valence-electron chi connectivity index (χ2n) is 4.67. The molecule has 0 aliphatic heterocycles. The zero-order valence-electron chi connectivity index (χ0n) is 12.0. The van der Waals surface area contributed by atoms with Crippen LogP contribution in [-0.4, -0.2) is 26.7 Å². The van der Waals surface area contributed by atoms with Crippen molar-refractivity contribution in [3.63, 3.8) is 0 Å². The van der Waals surface area contributed by atoms with E-state index in [1.807, 2.05) is 0 Å². The van der Waals surface area contributed by atoms with Crippen molar-refractivity contribution in [3.8, 4) is 11.5 Å². The Balaban J connectivity index is 1.70. The van der Waals surface area contributed by atoms with E-state index in [-0.39, 0.29) is 23.0 Å². The van der Waals surface area contributed by atoms with Gasteiger partial charge in [-0.15, -0.1) is 0 Å².